The zero-order valence-corrected chi connectivity index (χ0v) is 24.8. The van der Waals surface area contributed by atoms with Crippen molar-refractivity contribution in [3.63, 3.8) is 0 Å². The van der Waals surface area contributed by atoms with E-state index in [0.717, 1.165) is 12.3 Å². The number of aromatic nitrogens is 1. The molecule has 2 aromatic rings. The monoisotopic (exact) mass is 621 g/mol. The van der Waals surface area contributed by atoms with Crippen molar-refractivity contribution < 1.29 is 37.0 Å². The number of carbonyl (C=O) groups is 2. The van der Waals surface area contributed by atoms with Crippen molar-refractivity contribution in [2.24, 2.45) is 4.99 Å². The molecular weight excluding hydrogens is 591 g/mol. The largest absolute Gasteiger partial charge is 0.466 e. The predicted molar refractivity (Wildman–Crippen MR) is 150 cm³/mol. The van der Waals surface area contributed by atoms with Crippen molar-refractivity contribution in [2.75, 3.05) is 39.9 Å². The minimum Gasteiger partial charge on any atom is -0.466 e. The number of aliphatic imine (C=N–C) groups is 1. The number of amides is 1. The summed E-state index contributed by atoms with van der Waals surface area (Å²) in [6.07, 6.45) is 0.0608. The first-order valence-electron chi connectivity index (χ1n) is 13.6. The van der Waals surface area contributed by atoms with Gasteiger partial charge in [-0.05, 0) is 32.9 Å². The highest BCUT2D eigenvalue weighted by atomic mass is 35.5. The fourth-order valence-corrected chi connectivity index (χ4v) is 5.63. The first kappa shape index (κ1) is 30.8. The van der Waals surface area contributed by atoms with E-state index >= 15 is 0 Å². The Bertz CT molecular complexity index is 1500. The van der Waals surface area contributed by atoms with Gasteiger partial charge in [0.2, 0.25) is 0 Å². The maximum absolute atomic E-state index is 14.9. The summed E-state index contributed by atoms with van der Waals surface area (Å²) < 4.78 is 59.2. The summed E-state index contributed by atoms with van der Waals surface area (Å²) in [6.45, 7) is 6.89. The molecule has 3 atom stereocenters. The van der Waals surface area contributed by atoms with Gasteiger partial charge in [-0.2, -0.15) is 0 Å². The number of morpholine rings is 1. The lowest BCUT2D eigenvalue weighted by Crippen LogP contribution is -2.53. The highest BCUT2D eigenvalue weighted by Gasteiger charge is 2.44. The molecule has 230 valence electrons. The van der Waals surface area contributed by atoms with Gasteiger partial charge in [-0.15, -0.1) is 0 Å². The molecule has 0 saturated carbocycles. The zero-order chi connectivity index (χ0) is 31.1. The molecule has 0 aliphatic carbocycles. The van der Waals surface area contributed by atoms with Crippen LogP contribution in [0.5, 0.6) is 0 Å². The number of nitrogens with zero attached hydrogens (tertiary/aromatic N) is 4. The van der Waals surface area contributed by atoms with Crippen LogP contribution in [0.3, 0.4) is 0 Å². The number of amidine groups is 1. The smallest absolute Gasteiger partial charge is 0.410 e. The maximum Gasteiger partial charge on any atom is 0.410 e. The quantitative estimate of drug-likeness (QED) is 0.500. The number of esters is 1. The first-order valence-corrected chi connectivity index (χ1v) is 14.0. The van der Waals surface area contributed by atoms with E-state index in [-0.39, 0.29) is 46.4 Å². The highest BCUT2D eigenvalue weighted by molar-refractivity contribution is 6.31. The lowest BCUT2D eigenvalue weighted by atomic mass is 9.94. The van der Waals surface area contributed by atoms with Crippen LogP contribution in [0.2, 0.25) is 5.02 Å². The second-order valence-corrected chi connectivity index (χ2v) is 11.8. The van der Waals surface area contributed by atoms with Crippen LogP contribution in [-0.4, -0.2) is 90.3 Å². The van der Waals surface area contributed by atoms with Crippen molar-refractivity contribution in [1.29, 1.82) is 0 Å². The Kier molecular flexibility index (Phi) is 8.68. The Labute approximate surface area is 251 Å². The van der Waals surface area contributed by atoms with Gasteiger partial charge in [0, 0.05) is 42.0 Å². The number of ether oxygens (including phenoxy) is 3. The van der Waals surface area contributed by atoms with Crippen LogP contribution >= 0.6 is 11.6 Å². The standard InChI is InChI=1S/C29H31ClF3N5O5/c1-29(2,3)43-28(40)38-13-21-22(14-38)42-8-7-37(21)12-20-23(27(39)41-4)24(17-6-5-15(31)9-18(17)30)36-26(35-20)25-19(33)10-16(32)11-34-25/h5-6,9-11,21-22,24H,7-8,12-14H2,1-4H3,(H,35,36)/t21-,22+,24-/m0/s1. The lowest BCUT2D eigenvalue weighted by molar-refractivity contribution is -0.136. The van der Waals surface area contributed by atoms with E-state index < -0.39 is 41.2 Å². The molecule has 2 saturated heterocycles. The third-order valence-electron chi connectivity index (χ3n) is 7.25. The molecule has 0 bridgehead atoms. The number of nitrogens with one attached hydrogen (secondary N) is 1. The molecule has 0 radical (unpaired) electrons. The summed E-state index contributed by atoms with van der Waals surface area (Å²) in [7, 11) is 1.21. The molecule has 0 unspecified atom stereocenters. The van der Waals surface area contributed by atoms with Gasteiger partial charge in [-0.25, -0.2) is 27.7 Å². The molecule has 43 heavy (non-hydrogen) atoms. The molecule has 1 amide bonds. The fourth-order valence-electron chi connectivity index (χ4n) is 5.36. The van der Waals surface area contributed by atoms with Crippen LogP contribution in [0.25, 0.3) is 0 Å². The molecule has 4 heterocycles. The summed E-state index contributed by atoms with van der Waals surface area (Å²) in [5.74, 6) is -3.28. The van der Waals surface area contributed by atoms with E-state index in [1.165, 1.54) is 19.2 Å². The molecule has 3 aliphatic rings. The van der Waals surface area contributed by atoms with Crippen molar-refractivity contribution in [3.8, 4) is 0 Å². The van der Waals surface area contributed by atoms with Gasteiger partial charge in [0.1, 0.15) is 29.0 Å². The second-order valence-electron chi connectivity index (χ2n) is 11.4. The van der Waals surface area contributed by atoms with Gasteiger partial charge in [0.15, 0.2) is 11.7 Å². The van der Waals surface area contributed by atoms with Crippen LogP contribution in [0.1, 0.15) is 38.1 Å². The van der Waals surface area contributed by atoms with Gasteiger partial charge in [0.05, 0.1) is 44.2 Å². The number of methoxy groups -OCH3 is 1. The molecule has 5 rings (SSSR count). The molecule has 0 spiro atoms. The third kappa shape index (κ3) is 6.63. The van der Waals surface area contributed by atoms with E-state index in [1.54, 1.807) is 25.7 Å². The zero-order valence-electron chi connectivity index (χ0n) is 24.0. The third-order valence-corrected chi connectivity index (χ3v) is 7.58. The number of rotatable bonds is 5. The van der Waals surface area contributed by atoms with Gasteiger partial charge < -0.3 is 24.4 Å². The Morgan fingerprint density at radius 1 is 1.16 bits per heavy atom. The summed E-state index contributed by atoms with van der Waals surface area (Å²) in [6, 6.07) is 2.89. The van der Waals surface area contributed by atoms with Crippen molar-refractivity contribution in [3.05, 3.63) is 75.5 Å². The van der Waals surface area contributed by atoms with Crippen LogP contribution in [0.4, 0.5) is 18.0 Å². The van der Waals surface area contributed by atoms with Crippen molar-refractivity contribution in [2.45, 2.75) is 44.6 Å². The number of pyridine rings is 1. The number of hydrogen-bond acceptors (Lipinski definition) is 9. The van der Waals surface area contributed by atoms with Crippen LogP contribution in [-0.2, 0) is 19.0 Å². The minimum absolute atomic E-state index is 0.0153. The van der Waals surface area contributed by atoms with Gasteiger partial charge >= 0.3 is 12.1 Å². The maximum atomic E-state index is 14.9. The molecule has 1 aromatic carbocycles. The predicted octanol–water partition coefficient (Wildman–Crippen LogP) is 3.99. The SMILES string of the molecule is COC(=O)C1=C(CN2CCO[C@@H]3CN(C(=O)OC(C)(C)C)C[C@@H]32)NC(c2ncc(F)cc2F)=N[C@H]1c1ccc(F)cc1Cl. The summed E-state index contributed by atoms with van der Waals surface area (Å²) >= 11 is 6.41. The number of carbonyl (C=O) groups excluding carboxylic acids is 2. The van der Waals surface area contributed by atoms with Gasteiger partial charge in [0.25, 0.3) is 0 Å². The molecular formula is C29H31ClF3N5O5. The Morgan fingerprint density at radius 3 is 2.60 bits per heavy atom. The Balaban J connectivity index is 1.54. The molecule has 10 nitrogen and oxygen atoms in total. The summed E-state index contributed by atoms with van der Waals surface area (Å²) in [4.78, 5) is 38.1. The van der Waals surface area contributed by atoms with Crippen molar-refractivity contribution in [1.82, 2.24) is 20.1 Å². The van der Waals surface area contributed by atoms with Crippen molar-refractivity contribution >= 4 is 29.5 Å². The molecule has 3 aliphatic heterocycles. The summed E-state index contributed by atoms with van der Waals surface area (Å²) in [5.41, 5.74) is -0.341. The molecule has 14 heteroatoms. The normalized spacial score (nSPS) is 22.6. The highest BCUT2D eigenvalue weighted by Crippen LogP contribution is 2.37. The van der Waals surface area contributed by atoms with E-state index in [0.29, 0.717) is 38.0 Å². The lowest BCUT2D eigenvalue weighted by Gasteiger charge is -2.38. The second kappa shape index (κ2) is 12.1. The average molecular weight is 622 g/mol. The topological polar surface area (TPSA) is 106 Å². The number of hydrogen-bond donors (Lipinski definition) is 1. The molecule has 1 N–H and O–H groups in total. The van der Waals surface area contributed by atoms with Crippen LogP contribution < -0.4 is 5.32 Å². The Morgan fingerprint density at radius 2 is 1.93 bits per heavy atom. The molecule has 2 fully saturated rings. The van der Waals surface area contributed by atoms with E-state index in [4.69, 9.17) is 25.8 Å². The summed E-state index contributed by atoms with van der Waals surface area (Å²) in [5, 5.41) is 3.00. The first-order chi connectivity index (χ1) is 20.3. The van der Waals surface area contributed by atoms with E-state index in [2.05, 4.69) is 15.3 Å². The number of benzene rings is 1. The van der Waals surface area contributed by atoms with E-state index in [9.17, 15) is 22.8 Å². The number of fused-ring (bicyclic) bond motifs is 1. The average Bonchev–Trinajstić information content (AvgIpc) is 3.37. The van der Waals surface area contributed by atoms with Crippen LogP contribution in [0.15, 0.2) is 46.7 Å². The van der Waals surface area contributed by atoms with Gasteiger partial charge in [-0.1, -0.05) is 17.7 Å². The number of halogens is 4. The van der Waals surface area contributed by atoms with Crippen LogP contribution in [0, 0.1) is 17.5 Å². The number of likely N-dealkylation sites (tertiary alicyclic amines) is 1. The fraction of sp³-hybridized carbons (Fsp3) is 0.448. The van der Waals surface area contributed by atoms with Gasteiger partial charge in [-0.3, -0.25) is 9.89 Å². The minimum atomic E-state index is -1.14. The van der Waals surface area contributed by atoms with E-state index in [1.807, 2.05) is 4.90 Å². The molecule has 1 aromatic heterocycles. The Hall–Kier alpha value is -3.68.